The Morgan fingerprint density at radius 3 is 2.26 bits per heavy atom. The van der Waals surface area contributed by atoms with Gasteiger partial charge in [0.05, 0.1) is 29.3 Å². The van der Waals surface area contributed by atoms with Crippen molar-refractivity contribution in [2.45, 2.75) is 25.3 Å². The highest BCUT2D eigenvalue weighted by Gasteiger charge is 2.31. The number of para-hydroxylation sites is 2. The Morgan fingerprint density at radius 1 is 1.00 bits per heavy atom. The van der Waals surface area contributed by atoms with E-state index in [0.29, 0.717) is 30.0 Å². The number of anilines is 1. The van der Waals surface area contributed by atoms with Gasteiger partial charge in [0, 0.05) is 13.1 Å². The molecule has 3 aromatic carbocycles. The largest absolute Gasteiger partial charge is 0.495 e. The summed E-state index contributed by atoms with van der Waals surface area (Å²) in [6.45, 7) is 3.86. The smallest absolute Gasteiger partial charge is 0.265 e. The second kappa shape index (κ2) is 10.9. The Labute approximate surface area is 200 Å². The second-order valence-electron chi connectivity index (χ2n) is 7.67. The molecule has 0 saturated heterocycles. The number of carbonyl (C=O) groups excluding carboxylic acids is 1. The summed E-state index contributed by atoms with van der Waals surface area (Å²) >= 11 is 0. The predicted octanol–water partition coefficient (Wildman–Crippen LogP) is 4.12. The van der Waals surface area contributed by atoms with Crippen LogP contribution in [0.15, 0.2) is 77.7 Å². The summed E-state index contributed by atoms with van der Waals surface area (Å²) in [6, 6.07) is 22.4. The Bertz CT molecular complexity index is 1300. The van der Waals surface area contributed by atoms with E-state index in [4.69, 9.17) is 10.00 Å². The first kappa shape index (κ1) is 24.8. The van der Waals surface area contributed by atoms with Gasteiger partial charge in [-0.1, -0.05) is 42.5 Å². The molecule has 7 nitrogen and oxygen atoms in total. The van der Waals surface area contributed by atoms with Crippen molar-refractivity contribution in [3.8, 4) is 11.8 Å². The molecule has 1 amide bonds. The average Bonchev–Trinajstić information content (AvgIpc) is 2.86. The van der Waals surface area contributed by atoms with Crippen molar-refractivity contribution in [3.05, 3.63) is 89.5 Å². The Morgan fingerprint density at radius 2 is 1.65 bits per heavy atom. The van der Waals surface area contributed by atoms with Crippen LogP contribution < -0.4 is 9.04 Å². The zero-order valence-electron chi connectivity index (χ0n) is 19.4. The van der Waals surface area contributed by atoms with E-state index >= 15 is 0 Å². The zero-order chi connectivity index (χ0) is 24.7. The summed E-state index contributed by atoms with van der Waals surface area (Å²) in [5.41, 5.74) is 2.25. The summed E-state index contributed by atoms with van der Waals surface area (Å²) in [6.07, 6.45) is 0. The van der Waals surface area contributed by atoms with Gasteiger partial charge < -0.3 is 9.64 Å². The first-order valence-electron chi connectivity index (χ1n) is 10.8. The number of methoxy groups -OCH3 is 1. The first-order valence-corrected chi connectivity index (χ1v) is 12.2. The van der Waals surface area contributed by atoms with Crippen LogP contribution in [-0.2, 0) is 21.4 Å². The number of amides is 1. The number of hydrogen-bond acceptors (Lipinski definition) is 5. The first-order chi connectivity index (χ1) is 16.3. The number of nitriles is 1. The van der Waals surface area contributed by atoms with Gasteiger partial charge in [0.1, 0.15) is 12.3 Å². The lowest BCUT2D eigenvalue weighted by molar-refractivity contribution is -0.129. The minimum atomic E-state index is -4.07. The van der Waals surface area contributed by atoms with E-state index in [0.717, 1.165) is 9.87 Å². The summed E-state index contributed by atoms with van der Waals surface area (Å²) in [7, 11) is -2.61. The molecule has 3 rings (SSSR count). The molecule has 0 saturated carbocycles. The van der Waals surface area contributed by atoms with Crippen LogP contribution in [0.2, 0.25) is 0 Å². The van der Waals surface area contributed by atoms with Gasteiger partial charge in [-0.2, -0.15) is 5.26 Å². The van der Waals surface area contributed by atoms with Crippen LogP contribution in [0.5, 0.6) is 5.75 Å². The van der Waals surface area contributed by atoms with Crippen LogP contribution in [0.3, 0.4) is 0 Å². The molecule has 0 heterocycles. The van der Waals surface area contributed by atoms with Crippen LogP contribution in [0.25, 0.3) is 0 Å². The highest BCUT2D eigenvalue weighted by molar-refractivity contribution is 7.93. The number of aryl methyl sites for hydroxylation is 1. The monoisotopic (exact) mass is 477 g/mol. The van der Waals surface area contributed by atoms with Crippen molar-refractivity contribution < 1.29 is 17.9 Å². The van der Waals surface area contributed by atoms with Gasteiger partial charge in [0.25, 0.3) is 10.0 Å². The molecular weight excluding hydrogens is 450 g/mol. The molecule has 0 aromatic heterocycles. The maximum atomic E-state index is 13.8. The van der Waals surface area contributed by atoms with Crippen molar-refractivity contribution in [3.63, 3.8) is 0 Å². The van der Waals surface area contributed by atoms with Crippen LogP contribution in [0.1, 0.15) is 23.6 Å². The lowest BCUT2D eigenvalue weighted by atomic mass is 10.1. The second-order valence-corrected chi connectivity index (χ2v) is 9.50. The Kier molecular flexibility index (Phi) is 7.92. The number of hydrogen-bond donors (Lipinski definition) is 0. The molecule has 0 aliphatic rings. The normalized spacial score (nSPS) is 10.9. The number of ether oxygens (including phenoxy) is 1. The molecule has 0 fully saturated rings. The van der Waals surface area contributed by atoms with Crippen LogP contribution in [0.4, 0.5) is 5.69 Å². The van der Waals surface area contributed by atoms with Gasteiger partial charge in [0.2, 0.25) is 5.91 Å². The van der Waals surface area contributed by atoms with Crippen LogP contribution in [0, 0.1) is 18.3 Å². The Hall–Kier alpha value is -3.83. The van der Waals surface area contributed by atoms with Gasteiger partial charge in [-0.15, -0.1) is 0 Å². The fraction of sp³-hybridized carbons (Fsp3) is 0.231. The molecule has 0 bridgehead atoms. The molecule has 34 heavy (non-hydrogen) atoms. The third-order valence-electron chi connectivity index (χ3n) is 5.49. The molecule has 0 aliphatic carbocycles. The molecule has 0 aliphatic heterocycles. The predicted molar refractivity (Wildman–Crippen MR) is 131 cm³/mol. The van der Waals surface area contributed by atoms with E-state index in [1.165, 1.54) is 13.2 Å². The minimum Gasteiger partial charge on any atom is -0.495 e. The molecule has 0 unspecified atom stereocenters. The van der Waals surface area contributed by atoms with Crippen molar-refractivity contribution in [2.24, 2.45) is 0 Å². The maximum Gasteiger partial charge on any atom is 0.265 e. The quantitative estimate of drug-likeness (QED) is 0.462. The summed E-state index contributed by atoms with van der Waals surface area (Å²) in [5.74, 6) is -0.00229. The van der Waals surface area contributed by atoms with Crippen LogP contribution in [-0.4, -0.2) is 39.4 Å². The molecule has 0 atom stereocenters. The van der Waals surface area contributed by atoms with Crippen molar-refractivity contribution in [1.29, 1.82) is 5.26 Å². The van der Waals surface area contributed by atoms with E-state index in [2.05, 4.69) is 6.07 Å². The third-order valence-corrected chi connectivity index (χ3v) is 7.41. The number of likely N-dealkylation sites (N-methyl/N-ethyl adjacent to an activating group) is 1. The average molecular weight is 478 g/mol. The standard InChI is InChI=1S/C26H27N3O4S/c1-4-28(18-22-15-13-21(17-27)14-16-22)26(30)19-29(23-10-6-7-11-24(23)33-3)34(31,32)25-12-8-5-9-20(25)2/h5-16H,4,18-19H2,1-3H3. The summed E-state index contributed by atoms with van der Waals surface area (Å²) < 4.78 is 34.1. The molecule has 0 N–H and O–H groups in total. The zero-order valence-corrected chi connectivity index (χ0v) is 20.2. The highest BCUT2D eigenvalue weighted by Crippen LogP contribution is 2.33. The third kappa shape index (κ3) is 5.38. The lowest BCUT2D eigenvalue weighted by Crippen LogP contribution is -2.43. The Balaban J connectivity index is 1.98. The molecule has 0 radical (unpaired) electrons. The van der Waals surface area contributed by atoms with Crippen LogP contribution >= 0.6 is 0 Å². The van der Waals surface area contributed by atoms with E-state index in [1.807, 2.05) is 6.92 Å². The van der Waals surface area contributed by atoms with Gasteiger partial charge >= 0.3 is 0 Å². The number of nitrogens with zero attached hydrogens (tertiary/aromatic N) is 3. The fourth-order valence-electron chi connectivity index (χ4n) is 3.60. The number of rotatable bonds is 9. The maximum absolute atomic E-state index is 13.8. The van der Waals surface area contributed by atoms with Crippen molar-refractivity contribution >= 4 is 21.6 Å². The number of carbonyl (C=O) groups is 1. The lowest BCUT2D eigenvalue weighted by Gasteiger charge is -2.29. The molecule has 0 spiro atoms. The summed E-state index contributed by atoms with van der Waals surface area (Å²) in [4.78, 5) is 15.1. The number of sulfonamides is 1. The van der Waals surface area contributed by atoms with E-state index < -0.39 is 10.0 Å². The molecule has 3 aromatic rings. The van der Waals surface area contributed by atoms with E-state index in [9.17, 15) is 13.2 Å². The minimum absolute atomic E-state index is 0.129. The van der Waals surface area contributed by atoms with E-state index in [1.54, 1.807) is 78.6 Å². The molecular formula is C26H27N3O4S. The van der Waals surface area contributed by atoms with E-state index in [-0.39, 0.29) is 23.0 Å². The number of benzene rings is 3. The molecule has 8 heteroatoms. The van der Waals surface area contributed by atoms with Gasteiger partial charge in [0.15, 0.2) is 0 Å². The SMILES string of the molecule is CCN(Cc1ccc(C#N)cc1)C(=O)CN(c1ccccc1OC)S(=O)(=O)c1ccccc1C. The topological polar surface area (TPSA) is 90.7 Å². The fourth-order valence-corrected chi connectivity index (χ4v) is 5.26. The van der Waals surface area contributed by atoms with Gasteiger partial charge in [-0.25, -0.2) is 8.42 Å². The summed E-state index contributed by atoms with van der Waals surface area (Å²) in [5, 5.41) is 9.00. The van der Waals surface area contributed by atoms with Crippen molar-refractivity contribution in [1.82, 2.24) is 4.90 Å². The van der Waals surface area contributed by atoms with Gasteiger partial charge in [-0.05, 0) is 55.3 Å². The molecule has 176 valence electrons. The highest BCUT2D eigenvalue weighted by atomic mass is 32.2. The van der Waals surface area contributed by atoms with Crippen molar-refractivity contribution in [2.75, 3.05) is 24.5 Å². The van der Waals surface area contributed by atoms with Gasteiger partial charge in [-0.3, -0.25) is 9.10 Å².